The molecule has 1 heterocycles. The molecule has 0 atom stereocenters. The minimum Gasteiger partial charge on any atom is -0.465 e. The number of amides is 1. The third-order valence-corrected chi connectivity index (χ3v) is 3.72. The van der Waals surface area contributed by atoms with Crippen molar-refractivity contribution in [2.75, 3.05) is 0 Å². The highest BCUT2D eigenvalue weighted by Crippen LogP contribution is 2.30. The van der Waals surface area contributed by atoms with Crippen LogP contribution in [-0.2, 0) is 12.7 Å². The van der Waals surface area contributed by atoms with Gasteiger partial charge in [0.2, 0.25) is 0 Å². The third-order valence-electron chi connectivity index (χ3n) is 3.72. The van der Waals surface area contributed by atoms with Gasteiger partial charge in [0.05, 0.1) is 5.56 Å². The van der Waals surface area contributed by atoms with E-state index in [1.54, 1.807) is 25.5 Å². The fourth-order valence-corrected chi connectivity index (χ4v) is 2.30. The summed E-state index contributed by atoms with van der Waals surface area (Å²) in [6.07, 6.45) is -5.01. The summed E-state index contributed by atoms with van der Waals surface area (Å²) in [4.78, 5) is 15.0. The molecule has 1 aromatic carbocycles. The molecule has 0 radical (unpaired) electrons. The zero-order chi connectivity index (χ0) is 18.8. The summed E-state index contributed by atoms with van der Waals surface area (Å²) in [5.41, 5.74) is -0.884. The number of halogens is 3. The lowest BCUT2D eigenvalue weighted by Crippen LogP contribution is -2.43. The first-order valence-corrected chi connectivity index (χ1v) is 7.58. The van der Waals surface area contributed by atoms with E-state index in [-0.39, 0.29) is 0 Å². The molecule has 1 amide bonds. The largest absolute Gasteiger partial charge is 0.465 e. The molecule has 1 aromatic heterocycles. The molecule has 6 nitrogen and oxygen atoms in total. The molecule has 2 N–H and O–H groups in total. The number of rotatable bonds is 5. The SMILES string of the molecule is Cc1nc(-c2ccc(C(F)(F)F)cc2)nn1CCC(C)(C)NC(=O)O. The molecule has 0 bridgehead atoms. The average molecular weight is 356 g/mol. The molecule has 2 rings (SSSR count). The van der Waals surface area contributed by atoms with Crippen molar-refractivity contribution in [2.24, 2.45) is 0 Å². The van der Waals surface area contributed by atoms with Crippen molar-refractivity contribution in [3.05, 3.63) is 35.7 Å². The van der Waals surface area contributed by atoms with E-state index >= 15 is 0 Å². The van der Waals surface area contributed by atoms with Crippen molar-refractivity contribution in [1.29, 1.82) is 0 Å². The van der Waals surface area contributed by atoms with Crippen LogP contribution in [-0.4, -0.2) is 31.5 Å². The number of aromatic nitrogens is 3. The topological polar surface area (TPSA) is 80.0 Å². The molecule has 2 aromatic rings. The Morgan fingerprint density at radius 3 is 2.36 bits per heavy atom. The Hall–Kier alpha value is -2.58. The van der Waals surface area contributed by atoms with Gasteiger partial charge in [0, 0.05) is 17.6 Å². The van der Waals surface area contributed by atoms with Crippen LogP contribution in [0.4, 0.5) is 18.0 Å². The zero-order valence-electron chi connectivity index (χ0n) is 14.1. The first-order valence-electron chi connectivity index (χ1n) is 7.58. The number of hydrogen-bond donors (Lipinski definition) is 2. The van der Waals surface area contributed by atoms with Crippen molar-refractivity contribution in [3.8, 4) is 11.4 Å². The standard InChI is InChI=1S/C16H19F3N4O2/c1-10-20-13(11-4-6-12(7-5-11)16(17,18)19)22-23(10)9-8-15(2,3)21-14(24)25/h4-7,21H,8-9H2,1-3H3,(H,24,25). The lowest BCUT2D eigenvalue weighted by Gasteiger charge is -2.24. The van der Waals surface area contributed by atoms with E-state index in [4.69, 9.17) is 5.11 Å². The highest BCUT2D eigenvalue weighted by molar-refractivity contribution is 5.65. The van der Waals surface area contributed by atoms with Crippen molar-refractivity contribution in [3.63, 3.8) is 0 Å². The summed E-state index contributed by atoms with van der Waals surface area (Å²) in [7, 11) is 0. The van der Waals surface area contributed by atoms with Gasteiger partial charge >= 0.3 is 12.3 Å². The minimum absolute atomic E-state index is 0.329. The fourth-order valence-electron chi connectivity index (χ4n) is 2.30. The average Bonchev–Trinajstić information content (AvgIpc) is 2.84. The Labute approximate surface area is 142 Å². The predicted octanol–water partition coefficient (Wildman–Crippen LogP) is 3.71. The molecule has 0 unspecified atom stereocenters. The van der Waals surface area contributed by atoms with Crippen molar-refractivity contribution >= 4 is 6.09 Å². The number of aryl methyl sites for hydroxylation is 2. The third kappa shape index (κ3) is 4.94. The molecule has 9 heteroatoms. The van der Waals surface area contributed by atoms with E-state index in [1.807, 2.05) is 0 Å². The zero-order valence-corrected chi connectivity index (χ0v) is 14.1. The second-order valence-corrected chi connectivity index (χ2v) is 6.34. The molecular formula is C16H19F3N4O2. The maximum absolute atomic E-state index is 12.6. The van der Waals surface area contributed by atoms with Crippen LogP contribution in [0, 0.1) is 6.92 Å². The normalized spacial score (nSPS) is 12.2. The summed E-state index contributed by atoms with van der Waals surface area (Å²) in [6.45, 7) is 5.67. The molecule has 0 saturated carbocycles. The molecule has 136 valence electrons. The van der Waals surface area contributed by atoms with Gasteiger partial charge in [0.25, 0.3) is 0 Å². The lowest BCUT2D eigenvalue weighted by molar-refractivity contribution is -0.137. The second kappa shape index (κ2) is 6.73. The van der Waals surface area contributed by atoms with Crippen LogP contribution >= 0.6 is 0 Å². The lowest BCUT2D eigenvalue weighted by atomic mass is 10.0. The van der Waals surface area contributed by atoms with Crippen LogP contribution in [0.25, 0.3) is 11.4 Å². The van der Waals surface area contributed by atoms with Crippen LogP contribution in [0.15, 0.2) is 24.3 Å². The molecule has 0 spiro atoms. The van der Waals surface area contributed by atoms with Gasteiger partial charge in [-0.15, -0.1) is 0 Å². The van der Waals surface area contributed by atoms with E-state index in [0.29, 0.717) is 30.2 Å². The van der Waals surface area contributed by atoms with Crippen LogP contribution < -0.4 is 5.32 Å². The number of benzene rings is 1. The Balaban J connectivity index is 2.13. The van der Waals surface area contributed by atoms with Gasteiger partial charge in [-0.25, -0.2) is 14.5 Å². The van der Waals surface area contributed by atoms with E-state index in [1.165, 1.54) is 12.1 Å². The number of nitrogens with zero attached hydrogens (tertiary/aromatic N) is 3. The first-order chi connectivity index (χ1) is 11.5. The maximum atomic E-state index is 12.6. The molecular weight excluding hydrogens is 337 g/mol. The number of hydrogen-bond acceptors (Lipinski definition) is 3. The Bertz CT molecular complexity index is 752. The molecule has 0 aliphatic rings. The quantitative estimate of drug-likeness (QED) is 0.856. The number of carboxylic acid groups (broad SMARTS) is 1. The number of carbonyl (C=O) groups is 1. The minimum atomic E-state index is -4.38. The molecule has 0 aliphatic heterocycles. The predicted molar refractivity (Wildman–Crippen MR) is 85.1 cm³/mol. The van der Waals surface area contributed by atoms with Crippen LogP contribution in [0.3, 0.4) is 0 Å². The van der Waals surface area contributed by atoms with Gasteiger partial charge in [-0.3, -0.25) is 0 Å². The van der Waals surface area contributed by atoms with E-state index in [2.05, 4.69) is 15.4 Å². The van der Waals surface area contributed by atoms with Crippen LogP contribution in [0.1, 0.15) is 31.7 Å². The summed E-state index contributed by atoms with van der Waals surface area (Å²) in [5, 5.41) is 15.5. The Morgan fingerprint density at radius 2 is 1.84 bits per heavy atom. The van der Waals surface area contributed by atoms with Crippen molar-refractivity contribution in [2.45, 2.75) is 45.5 Å². The van der Waals surface area contributed by atoms with Crippen molar-refractivity contribution in [1.82, 2.24) is 20.1 Å². The van der Waals surface area contributed by atoms with E-state index < -0.39 is 23.4 Å². The Kier molecular flexibility index (Phi) is 5.05. The molecule has 25 heavy (non-hydrogen) atoms. The summed E-state index contributed by atoms with van der Waals surface area (Å²) < 4.78 is 39.4. The highest BCUT2D eigenvalue weighted by Gasteiger charge is 2.30. The van der Waals surface area contributed by atoms with E-state index in [0.717, 1.165) is 12.1 Å². The van der Waals surface area contributed by atoms with Gasteiger partial charge in [0.1, 0.15) is 5.82 Å². The van der Waals surface area contributed by atoms with Gasteiger partial charge in [-0.1, -0.05) is 12.1 Å². The highest BCUT2D eigenvalue weighted by atomic mass is 19.4. The Morgan fingerprint density at radius 1 is 1.24 bits per heavy atom. The number of alkyl halides is 3. The summed E-state index contributed by atoms with van der Waals surface area (Å²) >= 11 is 0. The van der Waals surface area contributed by atoms with Crippen LogP contribution in [0.2, 0.25) is 0 Å². The fraction of sp³-hybridized carbons (Fsp3) is 0.438. The smallest absolute Gasteiger partial charge is 0.416 e. The molecule has 0 fully saturated rings. The maximum Gasteiger partial charge on any atom is 0.416 e. The van der Waals surface area contributed by atoms with Gasteiger partial charge in [-0.05, 0) is 39.3 Å². The van der Waals surface area contributed by atoms with Crippen molar-refractivity contribution < 1.29 is 23.1 Å². The monoisotopic (exact) mass is 356 g/mol. The van der Waals surface area contributed by atoms with Crippen LogP contribution in [0.5, 0.6) is 0 Å². The number of nitrogens with one attached hydrogen (secondary N) is 1. The van der Waals surface area contributed by atoms with E-state index in [9.17, 15) is 18.0 Å². The van der Waals surface area contributed by atoms with Gasteiger partial charge in [0.15, 0.2) is 5.82 Å². The van der Waals surface area contributed by atoms with Gasteiger partial charge < -0.3 is 10.4 Å². The second-order valence-electron chi connectivity index (χ2n) is 6.34. The molecule has 0 aliphatic carbocycles. The summed E-state index contributed by atoms with van der Waals surface area (Å²) in [5.74, 6) is 0.927. The first kappa shape index (κ1) is 18.8. The molecule has 0 saturated heterocycles. The van der Waals surface area contributed by atoms with Gasteiger partial charge in [-0.2, -0.15) is 18.3 Å². The summed E-state index contributed by atoms with van der Waals surface area (Å²) in [6, 6.07) is 4.65.